The lowest BCUT2D eigenvalue weighted by Crippen LogP contribution is -2.32. The van der Waals surface area contributed by atoms with Crippen LogP contribution in [-0.2, 0) is 4.74 Å². The zero-order chi connectivity index (χ0) is 8.39. The van der Waals surface area contributed by atoms with E-state index < -0.39 is 0 Å². The molecule has 2 unspecified atom stereocenters. The summed E-state index contributed by atoms with van der Waals surface area (Å²) in [5, 5.41) is 3.45. The fraction of sp³-hybridized carbons (Fsp3) is 1.00. The van der Waals surface area contributed by atoms with Crippen LogP contribution in [0.3, 0.4) is 0 Å². The second kappa shape index (κ2) is 3.75. The lowest BCUT2D eigenvalue weighted by Gasteiger charge is -2.26. The summed E-state index contributed by atoms with van der Waals surface area (Å²) in [7, 11) is 0. The van der Waals surface area contributed by atoms with Gasteiger partial charge in [0, 0.05) is 6.54 Å². The number of hydrogen-bond donors (Lipinski definition) is 1. The van der Waals surface area contributed by atoms with Gasteiger partial charge in [-0.15, -0.1) is 0 Å². The summed E-state index contributed by atoms with van der Waals surface area (Å²) in [5.74, 6) is 0.795. The first-order valence-corrected chi connectivity index (χ1v) is 5.25. The molecule has 1 N–H and O–H groups in total. The third-order valence-electron chi connectivity index (χ3n) is 3.06. The summed E-state index contributed by atoms with van der Waals surface area (Å²) in [5.41, 5.74) is 0. The minimum absolute atomic E-state index is 0.375. The lowest BCUT2D eigenvalue weighted by molar-refractivity contribution is 0.00161. The first kappa shape index (κ1) is 8.52. The highest BCUT2D eigenvalue weighted by molar-refractivity contribution is 4.78. The quantitative estimate of drug-likeness (QED) is 0.647. The van der Waals surface area contributed by atoms with Crippen molar-refractivity contribution in [2.24, 2.45) is 5.92 Å². The van der Waals surface area contributed by atoms with Gasteiger partial charge >= 0.3 is 0 Å². The normalized spacial score (nSPS) is 38.8. The van der Waals surface area contributed by atoms with Crippen LogP contribution in [0.15, 0.2) is 0 Å². The number of hydrogen-bond acceptors (Lipinski definition) is 2. The van der Waals surface area contributed by atoms with E-state index in [2.05, 4.69) is 12.2 Å². The number of ether oxygens (including phenoxy) is 1. The molecule has 1 aliphatic heterocycles. The highest BCUT2D eigenvalue weighted by Crippen LogP contribution is 2.28. The van der Waals surface area contributed by atoms with Crippen LogP contribution in [0.5, 0.6) is 0 Å². The van der Waals surface area contributed by atoms with Gasteiger partial charge in [-0.1, -0.05) is 19.3 Å². The van der Waals surface area contributed by atoms with Crippen molar-refractivity contribution >= 4 is 0 Å². The molecule has 1 heterocycles. The molecule has 0 aromatic rings. The molecule has 2 fully saturated rings. The zero-order valence-electron chi connectivity index (χ0n) is 7.88. The van der Waals surface area contributed by atoms with Gasteiger partial charge in [0.25, 0.3) is 0 Å². The highest BCUT2D eigenvalue weighted by Gasteiger charge is 2.29. The molecule has 0 amide bonds. The van der Waals surface area contributed by atoms with Crippen molar-refractivity contribution in [1.29, 1.82) is 0 Å². The van der Waals surface area contributed by atoms with Gasteiger partial charge < -0.3 is 4.74 Å². The van der Waals surface area contributed by atoms with Crippen LogP contribution in [0.1, 0.15) is 39.0 Å². The fourth-order valence-electron chi connectivity index (χ4n) is 2.34. The monoisotopic (exact) mass is 169 g/mol. The van der Waals surface area contributed by atoms with E-state index in [1.54, 1.807) is 0 Å². The first-order valence-electron chi connectivity index (χ1n) is 5.25. The van der Waals surface area contributed by atoms with E-state index in [9.17, 15) is 0 Å². The Bertz CT molecular complexity index is 140. The number of nitrogens with one attached hydrogen (secondary N) is 1. The average Bonchev–Trinajstić information content (AvgIpc) is 2.54. The fourth-order valence-corrected chi connectivity index (χ4v) is 2.34. The Hall–Kier alpha value is -0.0800. The summed E-state index contributed by atoms with van der Waals surface area (Å²) >= 11 is 0. The Morgan fingerprint density at radius 1 is 1.17 bits per heavy atom. The zero-order valence-corrected chi connectivity index (χ0v) is 7.88. The van der Waals surface area contributed by atoms with Crippen LogP contribution in [-0.4, -0.2) is 18.9 Å². The van der Waals surface area contributed by atoms with E-state index >= 15 is 0 Å². The molecular weight excluding hydrogens is 150 g/mol. The molecule has 0 bridgehead atoms. The molecule has 2 heteroatoms. The Morgan fingerprint density at radius 3 is 2.50 bits per heavy atom. The van der Waals surface area contributed by atoms with E-state index in [-0.39, 0.29) is 0 Å². The molecule has 1 saturated heterocycles. The highest BCUT2D eigenvalue weighted by atomic mass is 16.5. The summed E-state index contributed by atoms with van der Waals surface area (Å²) in [6.45, 7) is 3.19. The van der Waals surface area contributed by atoms with E-state index in [1.165, 1.54) is 32.1 Å². The summed E-state index contributed by atoms with van der Waals surface area (Å²) in [6, 6.07) is 0. The second-order valence-corrected chi connectivity index (χ2v) is 4.17. The van der Waals surface area contributed by atoms with Crippen LogP contribution in [0.2, 0.25) is 0 Å². The predicted octanol–water partition coefficient (Wildman–Crippen LogP) is 1.90. The predicted molar refractivity (Wildman–Crippen MR) is 48.9 cm³/mol. The molecule has 0 spiro atoms. The largest absolute Gasteiger partial charge is 0.359 e. The molecule has 2 aliphatic rings. The van der Waals surface area contributed by atoms with Gasteiger partial charge in [0.05, 0.1) is 6.10 Å². The van der Waals surface area contributed by atoms with Gasteiger partial charge in [0.1, 0.15) is 6.23 Å². The van der Waals surface area contributed by atoms with Gasteiger partial charge in [-0.3, -0.25) is 5.32 Å². The first-order chi connectivity index (χ1) is 5.86. The SMILES string of the molecule is CC1CNC(C2CCCCC2)O1. The van der Waals surface area contributed by atoms with Crippen molar-refractivity contribution in [3.8, 4) is 0 Å². The summed E-state index contributed by atoms with van der Waals surface area (Å²) in [4.78, 5) is 0. The molecule has 12 heavy (non-hydrogen) atoms. The van der Waals surface area contributed by atoms with Gasteiger partial charge in [0.2, 0.25) is 0 Å². The van der Waals surface area contributed by atoms with E-state index in [1.807, 2.05) is 0 Å². The lowest BCUT2D eigenvalue weighted by atomic mass is 9.88. The smallest absolute Gasteiger partial charge is 0.111 e. The van der Waals surface area contributed by atoms with Gasteiger partial charge in [-0.05, 0) is 25.7 Å². The molecule has 2 nitrogen and oxygen atoms in total. The van der Waals surface area contributed by atoms with Crippen LogP contribution in [0.25, 0.3) is 0 Å². The van der Waals surface area contributed by atoms with Gasteiger partial charge in [-0.25, -0.2) is 0 Å². The van der Waals surface area contributed by atoms with E-state index in [0.717, 1.165) is 12.5 Å². The van der Waals surface area contributed by atoms with Crippen molar-refractivity contribution in [3.05, 3.63) is 0 Å². The Kier molecular flexibility index (Phi) is 2.66. The molecule has 0 aromatic carbocycles. The maximum absolute atomic E-state index is 5.79. The van der Waals surface area contributed by atoms with Crippen molar-refractivity contribution in [2.75, 3.05) is 6.54 Å². The molecule has 0 aromatic heterocycles. The summed E-state index contributed by atoms with van der Waals surface area (Å²) < 4.78 is 5.79. The molecular formula is C10H19NO. The topological polar surface area (TPSA) is 21.3 Å². The van der Waals surface area contributed by atoms with Crippen molar-refractivity contribution < 1.29 is 4.74 Å². The molecule has 2 rings (SSSR count). The Balaban J connectivity index is 1.83. The van der Waals surface area contributed by atoms with Crippen LogP contribution < -0.4 is 5.32 Å². The molecule has 1 saturated carbocycles. The van der Waals surface area contributed by atoms with Crippen molar-refractivity contribution in [2.45, 2.75) is 51.4 Å². The Labute approximate surface area is 74.7 Å². The minimum atomic E-state index is 0.375. The molecule has 2 atom stereocenters. The average molecular weight is 169 g/mol. The van der Waals surface area contributed by atoms with Gasteiger partial charge in [0.15, 0.2) is 0 Å². The summed E-state index contributed by atoms with van der Waals surface area (Å²) in [6.07, 6.45) is 7.77. The number of rotatable bonds is 1. The molecule has 0 radical (unpaired) electrons. The van der Waals surface area contributed by atoms with Crippen LogP contribution in [0.4, 0.5) is 0 Å². The molecule has 1 aliphatic carbocycles. The second-order valence-electron chi connectivity index (χ2n) is 4.17. The maximum Gasteiger partial charge on any atom is 0.111 e. The maximum atomic E-state index is 5.79. The van der Waals surface area contributed by atoms with Crippen LogP contribution in [0, 0.1) is 5.92 Å². The van der Waals surface area contributed by atoms with Crippen molar-refractivity contribution in [3.63, 3.8) is 0 Å². The third kappa shape index (κ3) is 1.80. The van der Waals surface area contributed by atoms with Gasteiger partial charge in [-0.2, -0.15) is 0 Å². The minimum Gasteiger partial charge on any atom is -0.359 e. The standard InChI is InChI=1S/C10H19NO/c1-8-7-11-10(12-8)9-5-3-2-4-6-9/h8-11H,2-7H2,1H3. The van der Waals surface area contributed by atoms with Crippen molar-refractivity contribution in [1.82, 2.24) is 5.32 Å². The Morgan fingerprint density at radius 2 is 1.92 bits per heavy atom. The third-order valence-corrected chi connectivity index (χ3v) is 3.06. The van der Waals surface area contributed by atoms with Crippen LogP contribution >= 0.6 is 0 Å². The van der Waals surface area contributed by atoms with E-state index in [4.69, 9.17) is 4.74 Å². The molecule has 70 valence electrons. The van der Waals surface area contributed by atoms with E-state index in [0.29, 0.717) is 12.3 Å².